The van der Waals surface area contributed by atoms with Crippen molar-refractivity contribution in [3.8, 4) is 0 Å². The number of hydrogen-bond donors (Lipinski definition) is 0. The summed E-state index contributed by atoms with van der Waals surface area (Å²) in [7, 11) is 1.41. The first-order valence-electron chi connectivity index (χ1n) is 7.90. The molecule has 0 atom stereocenters. The number of benzene rings is 1. The number of esters is 1. The van der Waals surface area contributed by atoms with Crippen molar-refractivity contribution in [2.24, 2.45) is 0 Å². The molecule has 2 saturated heterocycles. The number of nitrogens with zero attached hydrogens (tertiary/aromatic N) is 2. The van der Waals surface area contributed by atoms with Crippen molar-refractivity contribution in [2.75, 3.05) is 38.2 Å². The maximum atomic E-state index is 13.2. The third-order valence-corrected chi connectivity index (χ3v) is 4.83. The van der Waals surface area contributed by atoms with Crippen molar-refractivity contribution in [3.05, 3.63) is 29.3 Å². The van der Waals surface area contributed by atoms with Gasteiger partial charge in [-0.3, -0.25) is 4.90 Å². The molecule has 0 aromatic heterocycles. The molecule has 0 saturated carbocycles. The van der Waals surface area contributed by atoms with E-state index >= 15 is 0 Å². The number of ether oxygens (including phenoxy) is 1. The van der Waals surface area contributed by atoms with E-state index in [-0.39, 0.29) is 5.97 Å². The standard InChI is InChI=1S/C17H23FN2O2/c1-12-3-4-14(9-16(12)17(21)22-2)20-10-15(11-20)19-7-5-13(18)6-8-19/h3-4,9,13,15H,5-8,10-11H2,1-2H3. The molecule has 120 valence electrons. The zero-order valence-electron chi connectivity index (χ0n) is 13.2. The fraction of sp³-hybridized carbons (Fsp3) is 0.588. The Bertz CT molecular complexity index is 550. The fourth-order valence-corrected chi connectivity index (χ4v) is 3.27. The first-order valence-corrected chi connectivity index (χ1v) is 7.90. The van der Waals surface area contributed by atoms with Gasteiger partial charge in [0.1, 0.15) is 6.17 Å². The van der Waals surface area contributed by atoms with E-state index in [9.17, 15) is 9.18 Å². The maximum absolute atomic E-state index is 13.2. The number of rotatable bonds is 3. The van der Waals surface area contributed by atoms with E-state index < -0.39 is 6.17 Å². The number of hydrogen-bond acceptors (Lipinski definition) is 4. The molecule has 2 heterocycles. The highest BCUT2D eigenvalue weighted by atomic mass is 19.1. The predicted octanol–water partition coefficient (Wildman–Crippen LogP) is 2.40. The molecule has 0 unspecified atom stereocenters. The molecule has 3 rings (SSSR count). The Morgan fingerprint density at radius 3 is 2.59 bits per heavy atom. The lowest BCUT2D eigenvalue weighted by Crippen LogP contribution is -2.61. The van der Waals surface area contributed by atoms with Crippen molar-refractivity contribution >= 4 is 11.7 Å². The van der Waals surface area contributed by atoms with Crippen molar-refractivity contribution < 1.29 is 13.9 Å². The Labute approximate surface area is 130 Å². The Hall–Kier alpha value is -1.62. The van der Waals surface area contributed by atoms with Crippen LogP contribution >= 0.6 is 0 Å². The second kappa shape index (κ2) is 6.24. The van der Waals surface area contributed by atoms with Crippen LogP contribution in [0.3, 0.4) is 0 Å². The minimum atomic E-state index is -0.618. The molecule has 0 aliphatic carbocycles. The molecule has 5 heteroatoms. The number of alkyl halides is 1. The average molecular weight is 306 g/mol. The second-order valence-corrected chi connectivity index (χ2v) is 6.26. The topological polar surface area (TPSA) is 32.8 Å². The summed E-state index contributed by atoms with van der Waals surface area (Å²) >= 11 is 0. The van der Waals surface area contributed by atoms with Crippen LogP contribution in [0.1, 0.15) is 28.8 Å². The number of likely N-dealkylation sites (tertiary alicyclic amines) is 1. The van der Waals surface area contributed by atoms with Crippen LogP contribution < -0.4 is 4.90 Å². The zero-order chi connectivity index (χ0) is 15.7. The van der Waals surface area contributed by atoms with Crippen LogP contribution in [-0.4, -0.2) is 56.4 Å². The highest BCUT2D eigenvalue weighted by Crippen LogP contribution is 2.28. The van der Waals surface area contributed by atoms with Gasteiger partial charge in [0.05, 0.1) is 12.7 Å². The van der Waals surface area contributed by atoms with Gasteiger partial charge in [-0.25, -0.2) is 9.18 Å². The van der Waals surface area contributed by atoms with Gasteiger partial charge in [-0.2, -0.15) is 0 Å². The minimum absolute atomic E-state index is 0.290. The number of carbonyl (C=O) groups excluding carboxylic acids is 1. The van der Waals surface area contributed by atoms with Crippen LogP contribution in [-0.2, 0) is 4.74 Å². The van der Waals surface area contributed by atoms with Gasteiger partial charge in [0.25, 0.3) is 0 Å². The summed E-state index contributed by atoms with van der Waals surface area (Å²) in [5.74, 6) is -0.290. The van der Waals surface area contributed by atoms with Crippen LogP contribution in [0.5, 0.6) is 0 Å². The van der Waals surface area contributed by atoms with Crippen LogP contribution in [0.4, 0.5) is 10.1 Å². The van der Waals surface area contributed by atoms with Gasteiger partial charge in [0.2, 0.25) is 0 Å². The summed E-state index contributed by atoms with van der Waals surface area (Å²) < 4.78 is 18.0. The van der Waals surface area contributed by atoms with Crippen LogP contribution in [0.25, 0.3) is 0 Å². The Kier molecular flexibility index (Phi) is 4.34. The number of anilines is 1. The summed E-state index contributed by atoms with van der Waals surface area (Å²) in [6, 6.07) is 6.43. The molecule has 1 aromatic rings. The van der Waals surface area contributed by atoms with Gasteiger partial charge in [-0.15, -0.1) is 0 Å². The molecule has 0 spiro atoms. The van der Waals surface area contributed by atoms with Gasteiger partial charge in [-0.05, 0) is 37.5 Å². The van der Waals surface area contributed by atoms with E-state index in [0.29, 0.717) is 24.4 Å². The van der Waals surface area contributed by atoms with E-state index in [1.165, 1.54) is 7.11 Å². The molecular formula is C17H23FN2O2. The van der Waals surface area contributed by atoms with E-state index in [1.54, 1.807) is 0 Å². The zero-order valence-corrected chi connectivity index (χ0v) is 13.2. The third-order valence-electron chi connectivity index (χ3n) is 4.83. The van der Waals surface area contributed by atoms with Gasteiger partial charge >= 0.3 is 5.97 Å². The molecule has 4 nitrogen and oxygen atoms in total. The summed E-state index contributed by atoms with van der Waals surface area (Å²) in [5.41, 5.74) is 2.61. The van der Waals surface area contributed by atoms with Crippen LogP contribution in [0.2, 0.25) is 0 Å². The van der Waals surface area contributed by atoms with Crippen LogP contribution in [0, 0.1) is 6.92 Å². The summed E-state index contributed by atoms with van der Waals surface area (Å²) in [6.07, 6.45) is 0.702. The number of carbonyl (C=O) groups is 1. The molecule has 0 amide bonds. The molecule has 22 heavy (non-hydrogen) atoms. The lowest BCUT2D eigenvalue weighted by Gasteiger charge is -2.48. The lowest BCUT2D eigenvalue weighted by atomic mass is 10.00. The van der Waals surface area contributed by atoms with Crippen molar-refractivity contribution in [1.82, 2.24) is 4.90 Å². The smallest absolute Gasteiger partial charge is 0.338 e. The monoisotopic (exact) mass is 306 g/mol. The van der Waals surface area contributed by atoms with E-state index in [2.05, 4.69) is 9.80 Å². The van der Waals surface area contributed by atoms with E-state index in [0.717, 1.165) is 37.4 Å². The Morgan fingerprint density at radius 1 is 1.27 bits per heavy atom. The fourth-order valence-electron chi connectivity index (χ4n) is 3.27. The summed E-state index contributed by atoms with van der Waals surface area (Å²) in [6.45, 7) is 5.53. The molecule has 2 aliphatic heterocycles. The number of methoxy groups -OCH3 is 1. The molecule has 2 aliphatic rings. The van der Waals surface area contributed by atoms with E-state index in [4.69, 9.17) is 4.74 Å². The molecule has 0 bridgehead atoms. The van der Waals surface area contributed by atoms with Crippen molar-refractivity contribution in [3.63, 3.8) is 0 Å². The molecule has 2 fully saturated rings. The number of halogens is 1. The highest BCUT2D eigenvalue weighted by Gasteiger charge is 2.34. The summed E-state index contributed by atoms with van der Waals surface area (Å²) in [4.78, 5) is 16.4. The Morgan fingerprint density at radius 2 is 1.95 bits per heavy atom. The maximum Gasteiger partial charge on any atom is 0.338 e. The number of aryl methyl sites for hydroxylation is 1. The Balaban J connectivity index is 1.62. The van der Waals surface area contributed by atoms with Crippen molar-refractivity contribution in [1.29, 1.82) is 0 Å². The van der Waals surface area contributed by atoms with Gasteiger partial charge in [-0.1, -0.05) is 6.07 Å². The summed E-state index contributed by atoms with van der Waals surface area (Å²) in [5, 5.41) is 0. The van der Waals surface area contributed by atoms with Crippen molar-refractivity contribution in [2.45, 2.75) is 32.0 Å². The first kappa shape index (κ1) is 15.3. The largest absolute Gasteiger partial charge is 0.465 e. The highest BCUT2D eigenvalue weighted by molar-refractivity contribution is 5.92. The molecule has 0 radical (unpaired) electrons. The minimum Gasteiger partial charge on any atom is -0.465 e. The molecular weight excluding hydrogens is 283 g/mol. The molecule has 0 N–H and O–H groups in total. The molecule has 1 aromatic carbocycles. The number of piperidine rings is 1. The van der Waals surface area contributed by atoms with E-state index in [1.807, 2.05) is 25.1 Å². The second-order valence-electron chi connectivity index (χ2n) is 6.26. The predicted molar refractivity (Wildman–Crippen MR) is 84.2 cm³/mol. The SMILES string of the molecule is COC(=O)c1cc(N2CC(N3CCC(F)CC3)C2)ccc1C. The van der Waals surface area contributed by atoms with Gasteiger partial charge in [0, 0.05) is 37.9 Å². The quantitative estimate of drug-likeness (QED) is 0.803. The first-order chi connectivity index (χ1) is 10.6. The normalized spacial score (nSPS) is 20.8. The van der Waals surface area contributed by atoms with Gasteiger partial charge < -0.3 is 9.64 Å². The van der Waals surface area contributed by atoms with Gasteiger partial charge in [0.15, 0.2) is 0 Å². The van der Waals surface area contributed by atoms with Crippen LogP contribution in [0.15, 0.2) is 18.2 Å². The lowest BCUT2D eigenvalue weighted by molar-refractivity contribution is 0.0600. The third kappa shape index (κ3) is 2.95. The average Bonchev–Trinajstić information content (AvgIpc) is 2.48.